The molecule has 2 amide bonds. The summed E-state index contributed by atoms with van der Waals surface area (Å²) in [6, 6.07) is 16.7. The van der Waals surface area contributed by atoms with Gasteiger partial charge < -0.3 is 19.2 Å². The van der Waals surface area contributed by atoms with Gasteiger partial charge in [-0.2, -0.15) is 0 Å². The van der Waals surface area contributed by atoms with Gasteiger partial charge in [-0.05, 0) is 49.9 Å². The maximum Gasteiger partial charge on any atom is 0.444 e. The molecule has 2 aromatic rings. The Kier molecular flexibility index (Phi) is 5.20. The highest BCUT2D eigenvalue weighted by Gasteiger charge is 2.56. The van der Waals surface area contributed by atoms with E-state index >= 15 is 0 Å². The molecule has 3 aliphatic rings. The highest BCUT2D eigenvalue weighted by atomic mass is 16.8. The topological polar surface area (TPSA) is 85.4 Å². The lowest BCUT2D eigenvalue weighted by Crippen LogP contribution is -2.51. The predicted octanol–water partition coefficient (Wildman–Crippen LogP) is 3.18. The Hall–Kier alpha value is -3.55. The number of fused-ring (bicyclic) bond motifs is 1. The average molecular weight is 436 g/mol. The van der Waals surface area contributed by atoms with Crippen LogP contribution in [0, 0.1) is 0 Å². The summed E-state index contributed by atoms with van der Waals surface area (Å²) in [5, 5.41) is 1.01. The Morgan fingerprint density at radius 1 is 1.03 bits per heavy atom. The summed E-state index contributed by atoms with van der Waals surface area (Å²) in [6.45, 7) is 0.599. The van der Waals surface area contributed by atoms with Crippen LogP contribution in [0.5, 0.6) is 5.75 Å². The Morgan fingerprint density at radius 2 is 1.72 bits per heavy atom. The van der Waals surface area contributed by atoms with Crippen LogP contribution >= 0.6 is 0 Å². The van der Waals surface area contributed by atoms with E-state index in [1.54, 1.807) is 24.3 Å². The van der Waals surface area contributed by atoms with Crippen molar-refractivity contribution in [3.8, 4) is 5.75 Å². The Labute approximate surface area is 185 Å². The second-order valence-corrected chi connectivity index (χ2v) is 8.41. The van der Waals surface area contributed by atoms with Crippen LogP contribution in [0.3, 0.4) is 0 Å². The van der Waals surface area contributed by atoms with Crippen molar-refractivity contribution in [2.45, 2.75) is 43.4 Å². The largest absolute Gasteiger partial charge is 0.489 e. The van der Waals surface area contributed by atoms with Gasteiger partial charge in [-0.3, -0.25) is 4.79 Å². The van der Waals surface area contributed by atoms with Crippen LogP contribution in [0.25, 0.3) is 0 Å². The molecule has 32 heavy (non-hydrogen) atoms. The van der Waals surface area contributed by atoms with E-state index in [9.17, 15) is 14.4 Å². The number of likely N-dealkylation sites (tertiary alicyclic amines) is 1. The first-order chi connectivity index (χ1) is 15.6. The van der Waals surface area contributed by atoms with Crippen LogP contribution in [-0.2, 0) is 14.4 Å². The molecular weight excluding hydrogens is 412 g/mol. The summed E-state index contributed by atoms with van der Waals surface area (Å²) in [5.74, 6) is -0.165. The van der Waals surface area contributed by atoms with Crippen LogP contribution in [0.2, 0.25) is 0 Å². The molecule has 0 unspecified atom stereocenters. The SMILES string of the molecule is O=C1ON(C(=O)OC2(COc3ccccc3)CCC2)[C@H]2CCN(C(=O)c3ccccc3)[C@H]12. The fourth-order valence-corrected chi connectivity index (χ4v) is 4.48. The zero-order chi connectivity index (χ0) is 22.1. The van der Waals surface area contributed by atoms with Gasteiger partial charge in [0.25, 0.3) is 5.91 Å². The van der Waals surface area contributed by atoms with Crippen molar-refractivity contribution in [1.29, 1.82) is 0 Å². The fourth-order valence-electron chi connectivity index (χ4n) is 4.48. The second kappa shape index (κ2) is 8.18. The van der Waals surface area contributed by atoms with Gasteiger partial charge in [0.2, 0.25) is 0 Å². The van der Waals surface area contributed by atoms with Crippen LogP contribution < -0.4 is 4.74 Å². The predicted molar refractivity (Wildman–Crippen MR) is 113 cm³/mol. The second-order valence-electron chi connectivity index (χ2n) is 8.41. The highest BCUT2D eigenvalue weighted by Crippen LogP contribution is 2.39. The summed E-state index contributed by atoms with van der Waals surface area (Å²) in [4.78, 5) is 45.2. The number of ether oxygens (including phenoxy) is 2. The number of nitrogens with zero attached hydrogens (tertiary/aromatic N) is 2. The van der Waals surface area contributed by atoms with Gasteiger partial charge in [-0.15, -0.1) is 5.06 Å². The fraction of sp³-hybridized carbons (Fsp3) is 0.375. The van der Waals surface area contributed by atoms with Crippen molar-refractivity contribution in [1.82, 2.24) is 9.96 Å². The highest BCUT2D eigenvalue weighted by molar-refractivity contribution is 5.98. The first kappa shape index (κ1) is 20.4. The molecule has 8 heteroatoms. The Balaban J connectivity index is 1.25. The van der Waals surface area contributed by atoms with Gasteiger partial charge in [0.05, 0.1) is 0 Å². The lowest BCUT2D eigenvalue weighted by atomic mass is 9.80. The minimum Gasteiger partial charge on any atom is -0.489 e. The molecule has 2 aliphatic heterocycles. The van der Waals surface area contributed by atoms with E-state index in [4.69, 9.17) is 14.3 Å². The van der Waals surface area contributed by atoms with Gasteiger partial charge in [0.1, 0.15) is 24.0 Å². The number of hydrogen-bond donors (Lipinski definition) is 0. The lowest BCUT2D eigenvalue weighted by Gasteiger charge is -2.41. The molecule has 0 N–H and O–H groups in total. The summed E-state index contributed by atoms with van der Waals surface area (Å²) < 4.78 is 11.6. The molecule has 0 radical (unpaired) electrons. The molecule has 2 aromatic carbocycles. The maximum atomic E-state index is 13.0. The van der Waals surface area contributed by atoms with Gasteiger partial charge >= 0.3 is 12.1 Å². The Morgan fingerprint density at radius 3 is 2.38 bits per heavy atom. The number of carbonyl (C=O) groups excluding carboxylic acids is 3. The molecule has 166 valence electrons. The number of amides is 2. The smallest absolute Gasteiger partial charge is 0.444 e. The van der Waals surface area contributed by atoms with Crippen molar-refractivity contribution in [3.05, 3.63) is 66.2 Å². The van der Waals surface area contributed by atoms with E-state index in [0.717, 1.165) is 11.5 Å². The van der Waals surface area contributed by atoms with Gasteiger partial charge in [0.15, 0.2) is 6.04 Å². The Bertz CT molecular complexity index is 1010. The van der Waals surface area contributed by atoms with Crippen molar-refractivity contribution in [2.75, 3.05) is 13.2 Å². The van der Waals surface area contributed by atoms with Crippen molar-refractivity contribution >= 4 is 18.0 Å². The molecular formula is C24H24N2O6. The number of hydrogen-bond acceptors (Lipinski definition) is 6. The summed E-state index contributed by atoms with van der Waals surface area (Å²) in [6.07, 6.45) is 2.02. The molecule has 8 nitrogen and oxygen atoms in total. The zero-order valence-corrected chi connectivity index (χ0v) is 17.5. The number of hydroxylamine groups is 2. The van der Waals surface area contributed by atoms with Crippen molar-refractivity contribution in [3.63, 3.8) is 0 Å². The molecule has 5 rings (SSSR count). The lowest BCUT2D eigenvalue weighted by molar-refractivity contribution is -0.178. The minimum absolute atomic E-state index is 0.233. The molecule has 2 saturated heterocycles. The number of para-hydroxylation sites is 1. The third kappa shape index (κ3) is 3.66. The van der Waals surface area contributed by atoms with E-state index in [-0.39, 0.29) is 12.5 Å². The average Bonchev–Trinajstić information content (AvgIpc) is 3.37. The standard InChI is InChI=1S/C24H24N2O6/c27-21(17-8-3-1-4-9-17)25-15-12-19-20(25)22(28)32-26(19)23(29)31-24(13-7-14-24)16-30-18-10-5-2-6-11-18/h1-6,8-11,19-20H,7,12-16H2/t19-,20-/m0/s1. The van der Waals surface area contributed by atoms with Crippen LogP contribution in [-0.4, -0.2) is 58.8 Å². The zero-order valence-electron chi connectivity index (χ0n) is 17.5. The van der Waals surface area contributed by atoms with Crippen molar-refractivity contribution < 1.29 is 28.7 Å². The van der Waals surface area contributed by atoms with E-state index in [0.29, 0.717) is 37.1 Å². The van der Waals surface area contributed by atoms with Gasteiger partial charge in [0, 0.05) is 12.1 Å². The molecule has 0 spiro atoms. The molecule has 3 fully saturated rings. The third-order valence-electron chi connectivity index (χ3n) is 6.37. The molecule has 1 saturated carbocycles. The first-order valence-electron chi connectivity index (χ1n) is 10.8. The van der Waals surface area contributed by atoms with Crippen LogP contribution in [0.15, 0.2) is 60.7 Å². The number of rotatable bonds is 5. The molecule has 2 atom stereocenters. The van der Waals surface area contributed by atoms with Gasteiger partial charge in [-0.1, -0.05) is 36.4 Å². The van der Waals surface area contributed by atoms with E-state index in [2.05, 4.69) is 0 Å². The maximum absolute atomic E-state index is 13.0. The molecule has 0 aromatic heterocycles. The van der Waals surface area contributed by atoms with Gasteiger partial charge in [-0.25, -0.2) is 9.59 Å². The van der Waals surface area contributed by atoms with Crippen LogP contribution in [0.4, 0.5) is 4.79 Å². The third-order valence-corrected chi connectivity index (χ3v) is 6.37. The molecule has 2 heterocycles. The van der Waals surface area contributed by atoms with Crippen molar-refractivity contribution in [2.24, 2.45) is 0 Å². The first-order valence-corrected chi connectivity index (χ1v) is 10.8. The summed E-state index contributed by atoms with van der Waals surface area (Å²) >= 11 is 0. The number of carbonyl (C=O) groups is 3. The van der Waals surface area contributed by atoms with E-state index in [1.165, 1.54) is 4.90 Å². The molecule has 1 aliphatic carbocycles. The van der Waals surface area contributed by atoms with E-state index < -0.39 is 29.7 Å². The minimum atomic E-state index is -0.826. The quantitative estimate of drug-likeness (QED) is 0.716. The normalized spacial score (nSPS) is 23.2. The molecule has 0 bridgehead atoms. The summed E-state index contributed by atoms with van der Waals surface area (Å²) in [5.41, 5.74) is -0.247. The van der Waals surface area contributed by atoms with Crippen LogP contribution in [0.1, 0.15) is 36.0 Å². The summed E-state index contributed by atoms with van der Waals surface area (Å²) in [7, 11) is 0. The van der Waals surface area contributed by atoms with E-state index in [1.807, 2.05) is 36.4 Å². The number of benzene rings is 2. The monoisotopic (exact) mass is 436 g/mol.